The predicted molar refractivity (Wildman–Crippen MR) is 87.5 cm³/mol. The highest BCUT2D eigenvalue weighted by molar-refractivity contribution is 5.78. The molecule has 3 amide bonds. The number of carbonyl (C=O) groups is 2. The molecule has 126 valence electrons. The van der Waals surface area contributed by atoms with Gasteiger partial charge in [-0.05, 0) is 44.4 Å². The summed E-state index contributed by atoms with van der Waals surface area (Å²) < 4.78 is 0. The Bertz CT molecular complexity index is 381. The van der Waals surface area contributed by atoms with Gasteiger partial charge in [0.25, 0.3) is 0 Å². The molecule has 0 radical (unpaired) electrons. The van der Waals surface area contributed by atoms with Crippen molar-refractivity contribution in [3.05, 3.63) is 0 Å². The SMILES string of the molecule is CC1CCC(NC(=O)NC2CCN(C(=O)C(C)C)CC2)CC1. The molecule has 0 aromatic heterocycles. The van der Waals surface area contributed by atoms with E-state index in [1.807, 2.05) is 18.7 Å². The second-order valence-electron chi connectivity index (χ2n) is 7.33. The summed E-state index contributed by atoms with van der Waals surface area (Å²) in [5.41, 5.74) is 0. The molecule has 0 aromatic rings. The van der Waals surface area contributed by atoms with Gasteiger partial charge in [0, 0.05) is 31.1 Å². The third-order valence-corrected chi connectivity index (χ3v) is 4.99. The molecule has 2 N–H and O–H groups in total. The molecule has 1 aliphatic carbocycles. The number of carbonyl (C=O) groups excluding carboxylic acids is 2. The van der Waals surface area contributed by atoms with Crippen LogP contribution in [0.4, 0.5) is 4.79 Å². The van der Waals surface area contributed by atoms with Gasteiger partial charge < -0.3 is 15.5 Å². The molecule has 2 fully saturated rings. The van der Waals surface area contributed by atoms with Crippen LogP contribution in [-0.4, -0.2) is 42.0 Å². The van der Waals surface area contributed by atoms with Gasteiger partial charge in [-0.1, -0.05) is 20.8 Å². The van der Waals surface area contributed by atoms with Gasteiger partial charge in [-0.15, -0.1) is 0 Å². The fraction of sp³-hybridized carbons (Fsp3) is 0.882. The molecular formula is C17H31N3O2. The maximum atomic E-state index is 12.1. The molecule has 2 rings (SSSR count). The summed E-state index contributed by atoms with van der Waals surface area (Å²) in [5, 5.41) is 6.19. The van der Waals surface area contributed by atoms with Gasteiger partial charge in [-0.2, -0.15) is 0 Å². The summed E-state index contributed by atoms with van der Waals surface area (Å²) in [7, 11) is 0. The number of hydrogen-bond donors (Lipinski definition) is 2. The molecule has 1 saturated heterocycles. The van der Waals surface area contributed by atoms with Crippen LogP contribution in [0.2, 0.25) is 0 Å². The monoisotopic (exact) mass is 309 g/mol. The molecule has 0 bridgehead atoms. The van der Waals surface area contributed by atoms with Gasteiger partial charge >= 0.3 is 6.03 Å². The third-order valence-electron chi connectivity index (χ3n) is 4.99. The van der Waals surface area contributed by atoms with Crippen molar-refractivity contribution < 1.29 is 9.59 Å². The second kappa shape index (κ2) is 7.84. The van der Waals surface area contributed by atoms with Crippen LogP contribution in [0.1, 0.15) is 59.3 Å². The lowest BCUT2D eigenvalue weighted by molar-refractivity contribution is -0.135. The average Bonchev–Trinajstić information content (AvgIpc) is 2.49. The number of rotatable bonds is 3. The molecule has 0 unspecified atom stereocenters. The molecule has 1 aliphatic heterocycles. The number of nitrogens with one attached hydrogen (secondary N) is 2. The Morgan fingerprint density at radius 1 is 0.909 bits per heavy atom. The van der Waals surface area contributed by atoms with E-state index in [0.717, 1.165) is 44.7 Å². The minimum atomic E-state index is -0.0341. The summed E-state index contributed by atoms with van der Waals surface area (Å²) in [6.45, 7) is 7.66. The highest BCUT2D eigenvalue weighted by atomic mass is 16.2. The van der Waals surface area contributed by atoms with E-state index in [0.29, 0.717) is 6.04 Å². The van der Waals surface area contributed by atoms with Crippen molar-refractivity contribution in [2.75, 3.05) is 13.1 Å². The van der Waals surface area contributed by atoms with Crippen molar-refractivity contribution in [3.8, 4) is 0 Å². The summed E-state index contributed by atoms with van der Waals surface area (Å²) in [6, 6.07) is 0.491. The van der Waals surface area contributed by atoms with Gasteiger partial charge in [0.05, 0.1) is 0 Å². The summed E-state index contributed by atoms with van der Waals surface area (Å²) in [6.07, 6.45) is 6.31. The first-order valence-electron chi connectivity index (χ1n) is 8.81. The van der Waals surface area contributed by atoms with Crippen LogP contribution >= 0.6 is 0 Å². The molecule has 5 heteroatoms. The minimum absolute atomic E-state index is 0.0341. The van der Waals surface area contributed by atoms with Crippen molar-refractivity contribution in [2.24, 2.45) is 11.8 Å². The lowest BCUT2D eigenvalue weighted by atomic mass is 9.87. The van der Waals surface area contributed by atoms with Crippen LogP contribution in [0.5, 0.6) is 0 Å². The van der Waals surface area contributed by atoms with E-state index >= 15 is 0 Å². The third kappa shape index (κ3) is 4.89. The first kappa shape index (κ1) is 17.1. The number of urea groups is 1. The van der Waals surface area contributed by atoms with E-state index in [1.54, 1.807) is 0 Å². The minimum Gasteiger partial charge on any atom is -0.342 e. The Morgan fingerprint density at radius 2 is 1.41 bits per heavy atom. The van der Waals surface area contributed by atoms with Crippen molar-refractivity contribution in [1.29, 1.82) is 0 Å². The Labute approximate surface area is 134 Å². The van der Waals surface area contributed by atoms with Crippen LogP contribution in [0.15, 0.2) is 0 Å². The smallest absolute Gasteiger partial charge is 0.315 e. The molecule has 2 aliphatic rings. The van der Waals surface area contributed by atoms with E-state index in [1.165, 1.54) is 12.8 Å². The fourth-order valence-corrected chi connectivity index (χ4v) is 3.43. The van der Waals surface area contributed by atoms with E-state index < -0.39 is 0 Å². The molecule has 5 nitrogen and oxygen atoms in total. The summed E-state index contributed by atoms with van der Waals surface area (Å²) >= 11 is 0. The topological polar surface area (TPSA) is 61.4 Å². The van der Waals surface area contributed by atoms with Gasteiger partial charge in [-0.3, -0.25) is 4.79 Å². The maximum absolute atomic E-state index is 12.1. The van der Waals surface area contributed by atoms with Crippen molar-refractivity contribution in [2.45, 2.75) is 71.4 Å². The highest BCUT2D eigenvalue weighted by Gasteiger charge is 2.26. The largest absolute Gasteiger partial charge is 0.342 e. The Balaban J connectivity index is 1.67. The Hall–Kier alpha value is -1.26. The standard InChI is InChI=1S/C17H31N3O2/c1-12(2)16(21)20-10-8-15(9-11-20)19-17(22)18-14-6-4-13(3)5-7-14/h12-15H,4-11H2,1-3H3,(H2,18,19,22). The number of piperidine rings is 1. The normalized spacial score (nSPS) is 26.8. The predicted octanol–water partition coefficient (Wildman–Crippen LogP) is 2.51. The average molecular weight is 309 g/mol. The quantitative estimate of drug-likeness (QED) is 0.841. The van der Waals surface area contributed by atoms with E-state index in [2.05, 4.69) is 17.6 Å². The van der Waals surface area contributed by atoms with Crippen molar-refractivity contribution in [3.63, 3.8) is 0 Å². The van der Waals surface area contributed by atoms with Gasteiger partial charge in [0.2, 0.25) is 5.91 Å². The molecule has 22 heavy (non-hydrogen) atoms. The first-order chi connectivity index (χ1) is 10.5. The first-order valence-corrected chi connectivity index (χ1v) is 8.81. The lowest BCUT2D eigenvalue weighted by Gasteiger charge is -2.34. The molecule has 0 atom stereocenters. The Morgan fingerprint density at radius 3 is 1.91 bits per heavy atom. The molecule has 0 spiro atoms. The van der Waals surface area contributed by atoms with Crippen LogP contribution in [0.25, 0.3) is 0 Å². The highest BCUT2D eigenvalue weighted by Crippen LogP contribution is 2.23. The Kier molecular flexibility index (Phi) is 6.09. The summed E-state index contributed by atoms with van der Waals surface area (Å²) in [5.74, 6) is 1.07. The van der Waals surface area contributed by atoms with Crippen LogP contribution in [0, 0.1) is 11.8 Å². The summed E-state index contributed by atoms with van der Waals surface area (Å²) in [4.78, 5) is 25.9. The zero-order chi connectivity index (χ0) is 16.1. The number of amides is 3. The second-order valence-corrected chi connectivity index (χ2v) is 7.33. The van der Waals surface area contributed by atoms with Crippen LogP contribution < -0.4 is 10.6 Å². The van der Waals surface area contributed by atoms with E-state index in [4.69, 9.17) is 0 Å². The van der Waals surface area contributed by atoms with Crippen molar-refractivity contribution >= 4 is 11.9 Å². The number of nitrogens with zero attached hydrogens (tertiary/aromatic N) is 1. The maximum Gasteiger partial charge on any atom is 0.315 e. The van der Waals surface area contributed by atoms with E-state index in [9.17, 15) is 9.59 Å². The zero-order valence-electron chi connectivity index (χ0n) is 14.2. The van der Waals surface area contributed by atoms with Crippen LogP contribution in [-0.2, 0) is 4.79 Å². The molecular weight excluding hydrogens is 278 g/mol. The molecule has 1 heterocycles. The molecule has 0 aromatic carbocycles. The van der Waals surface area contributed by atoms with Crippen LogP contribution in [0.3, 0.4) is 0 Å². The number of likely N-dealkylation sites (tertiary alicyclic amines) is 1. The van der Waals surface area contributed by atoms with Gasteiger partial charge in [0.1, 0.15) is 0 Å². The lowest BCUT2D eigenvalue weighted by Crippen LogP contribution is -2.51. The van der Waals surface area contributed by atoms with Gasteiger partial charge in [0.15, 0.2) is 0 Å². The van der Waals surface area contributed by atoms with E-state index in [-0.39, 0.29) is 23.9 Å². The molecule has 1 saturated carbocycles. The van der Waals surface area contributed by atoms with Gasteiger partial charge in [-0.25, -0.2) is 4.79 Å². The van der Waals surface area contributed by atoms with Crippen molar-refractivity contribution in [1.82, 2.24) is 15.5 Å². The fourth-order valence-electron chi connectivity index (χ4n) is 3.43. The zero-order valence-corrected chi connectivity index (χ0v) is 14.2. The number of hydrogen-bond acceptors (Lipinski definition) is 2.